The van der Waals surface area contributed by atoms with E-state index < -0.39 is 5.91 Å². The molecule has 4 N–H and O–H groups in total. The van der Waals surface area contributed by atoms with Crippen LogP contribution in [-0.2, 0) is 51.4 Å². The van der Waals surface area contributed by atoms with Crippen molar-refractivity contribution in [2.45, 2.75) is 95.3 Å². The second-order valence-electron chi connectivity index (χ2n) is 33.7. The summed E-state index contributed by atoms with van der Waals surface area (Å²) in [4.78, 5) is 49.9. The third kappa shape index (κ3) is 19.3. The van der Waals surface area contributed by atoms with E-state index in [1.807, 2.05) is 55.5 Å². The van der Waals surface area contributed by atoms with Gasteiger partial charge in [-0.1, -0.05) is 83.1 Å². The van der Waals surface area contributed by atoms with Crippen molar-refractivity contribution in [2.24, 2.45) is 0 Å². The molecule has 2 aromatic heterocycles. The number of ether oxygens (including phenoxy) is 13. The Morgan fingerprint density at radius 3 is 1.54 bits per heavy atom. The van der Waals surface area contributed by atoms with Crippen LogP contribution < -0.4 is 82.8 Å². The minimum atomic E-state index is -0.417. The molecule has 20 rings (SSSR count). The molecule has 2 amide bonds. The third-order valence-corrected chi connectivity index (χ3v) is 27.1. The van der Waals surface area contributed by atoms with E-state index in [1.54, 1.807) is 66.0 Å². The van der Waals surface area contributed by atoms with Crippen LogP contribution in [0.5, 0.6) is 97.7 Å². The van der Waals surface area contributed by atoms with E-state index >= 15 is 0 Å². The van der Waals surface area contributed by atoms with E-state index in [0.29, 0.717) is 208 Å². The fourth-order valence-corrected chi connectivity index (χ4v) is 19.6. The second-order valence-corrected chi connectivity index (χ2v) is 35.5. The number of aromatic nitrogens is 3. The van der Waals surface area contributed by atoms with Crippen molar-refractivity contribution in [3.8, 4) is 97.7 Å². The average Bonchev–Trinajstić information content (AvgIpc) is 0.826. The summed E-state index contributed by atoms with van der Waals surface area (Å²) < 4.78 is 87.1. The zero-order chi connectivity index (χ0) is 90.5. The number of nitrogens with zero attached hydrogens (tertiary/aromatic N) is 7. The number of halogens is 2. The number of thiazole rings is 1. The van der Waals surface area contributed by atoms with E-state index in [4.69, 9.17) is 84.8 Å². The number of para-hydroxylation sites is 1. The number of hydrogen-bond acceptors (Lipinski definition) is 25. The lowest BCUT2D eigenvalue weighted by Crippen LogP contribution is -2.39. The SMILES string of the molecule is COc1ccc(Cl)c(C(=O)Nc2cnc(NCCCOc3ccc4cc3Oc3ccc(cc3)CC3c5cc(c(OC)cc5CCN3COc3cc5c6c(c3OC)Oc3cc7c(cc3OC)CCN(C)C7Cc3ccc(cc3)Oc3cc(ccc3OCCCNc3ncc(C(=O)Nc7c(C)cccc7Cl)s3)CC6N(C)CC5)Oc3c(OC)c(OC)cc5c3C(C4)N(C)CC5)nc2)c1. The second kappa shape index (κ2) is 39.5. The number of fused-ring (bicyclic) bond motifs is 4. The third-order valence-electron chi connectivity index (χ3n) is 25.5. The fraction of sp³-hybridized carbons (Fsp3) is 0.324. The van der Waals surface area contributed by atoms with Crippen LogP contribution in [0.3, 0.4) is 0 Å². The molecule has 678 valence electrons. The van der Waals surface area contributed by atoms with Crippen molar-refractivity contribution in [1.29, 1.82) is 0 Å². The number of nitrogens with one attached hydrogen (secondary N) is 4. The number of hydrogen-bond donors (Lipinski definition) is 4. The number of anilines is 4. The van der Waals surface area contributed by atoms with Crippen LogP contribution >= 0.6 is 34.5 Å². The number of carbonyl (C=O) groups excluding carboxylic acids is 2. The molecule has 29 heteroatoms. The van der Waals surface area contributed by atoms with Crippen LogP contribution in [0.25, 0.3) is 0 Å². The van der Waals surface area contributed by atoms with E-state index in [9.17, 15) is 9.59 Å². The number of methoxy groups -OCH3 is 6. The standard InChI is InChI=1S/C102H105Cl2N11O15S/c1-59-14-11-15-76(104)94(59)111-100(117)91-57-109-102(131-91)106-35-13-41-125-82-29-21-63-45-80-93-67(32-38-114(80)4)51-90(96(123-10)98(93)130-87-53-72-64(48-83(87)119-6)30-36-112(2)77(72)42-60-16-22-69(23-17-60)127-86(82)47-63)126-58-115-39-33-65-49-84(120-7)88-54-73(65)78(115)43-61-18-24-70(25-19-61)128-85-46-62(44-79-92-66(31-37-113(79)3)50-89(121-8)95(122-9)97(92)129-88)20-28-81(85)124-40-12-34-105-101-107-55-68(56-108-101)110-99(116)74-52-71(118-5)26-27-75(74)103/h11,14-29,46-57,77-80H,12-13,30-45,58H2,1-10H3,(H,106,109)(H,110,116)(H,111,117)(H,105,107,108). The first-order chi connectivity index (χ1) is 63.8. The predicted octanol–water partition coefficient (Wildman–Crippen LogP) is 20.2. The molecule has 0 aliphatic carbocycles. The van der Waals surface area contributed by atoms with E-state index in [2.05, 4.69) is 162 Å². The minimum absolute atomic E-state index is 0.00200. The highest BCUT2D eigenvalue weighted by Gasteiger charge is 2.40. The highest BCUT2D eigenvalue weighted by atomic mass is 35.5. The summed E-state index contributed by atoms with van der Waals surface area (Å²) in [6.45, 7) is 6.76. The van der Waals surface area contributed by atoms with Crippen LogP contribution in [0.1, 0.15) is 129 Å². The van der Waals surface area contributed by atoms with Crippen molar-refractivity contribution in [3.05, 3.63) is 269 Å². The molecule has 12 aromatic rings. The van der Waals surface area contributed by atoms with E-state index in [-0.39, 0.29) is 47.4 Å². The Hall–Kier alpha value is -12.7. The monoisotopic (exact) mass is 1830 g/mol. The Labute approximate surface area is 776 Å². The van der Waals surface area contributed by atoms with Gasteiger partial charge in [0.2, 0.25) is 17.4 Å². The Balaban J connectivity index is 0.648. The molecule has 10 aromatic carbocycles. The first kappa shape index (κ1) is 88.9. The maximum atomic E-state index is 13.3. The predicted molar refractivity (Wildman–Crippen MR) is 507 cm³/mol. The van der Waals surface area contributed by atoms with Crippen LogP contribution in [-0.4, -0.2) is 169 Å². The molecular weight excluding hydrogens is 1720 g/mol. The van der Waals surface area contributed by atoms with Gasteiger partial charge in [-0.05, 0) is 263 Å². The first-order valence-corrected chi connectivity index (χ1v) is 45.7. The fourth-order valence-electron chi connectivity index (χ4n) is 18.4. The summed E-state index contributed by atoms with van der Waals surface area (Å²) >= 11 is 14.1. The first-order valence-electron chi connectivity index (χ1n) is 44.1. The molecule has 12 bridgehead atoms. The number of rotatable bonds is 25. The summed E-state index contributed by atoms with van der Waals surface area (Å²) in [5, 5.41) is 13.8. The maximum Gasteiger partial charge on any atom is 0.267 e. The van der Waals surface area contributed by atoms with Crippen LogP contribution in [0.2, 0.25) is 10.0 Å². The van der Waals surface area contributed by atoms with Crippen molar-refractivity contribution in [2.75, 3.05) is 144 Å². The van der Waals surface area contributed by atoms with Crippen molar-refractivity contribution in [3.63, 3.8) is 0 Å². The molecule has 10 heterocycles. The van der Waals surface area contributed by atoms with Gasteiger partial charge in [0.1, 0.15) is 28.9 Å². The van der Waals surface area contributed by atoms with Gasteiger partial charge in [-0.3, -0.25) is 29.2 Å². The van der Waals surface area contributed by atoms with Crippen molar-refractivity contribution >= 4 is 68.8 Å². The Morgan fingerprint density at radius 1 is 0.458 bits per heavy atom. The number of likely N-dealkylation sites (N-methyl/N-ethyl adjacent to an activating group) is 3. The van der Waals surface area contributed by atoms with Crippen molar-refractivity contribution in [1.82, 2.24) is 34.6 Å². The number of aryl methyl sites for hydroxylation is 1. The summed E-state index contributed by atoms with van der Waals surface area (Å²) in [5.41, 5.74) is 15.0. The lowest BCUT2D eigenvalue weighted by Gasteiger charge is -2.39. The molecule has 26 nitrogen and oxygen atoms in total. The molecule has 0 fully saturated rings. The lowest BCUT2D eigenvalue weighted by atomic mass is 9.87. The normalized spacial score (nSPS) is 16.9. The zero-order valence-electron chi connectivity index (χ0n) is 74.9. The lowest BCUT2D eigenvalue weighted by molar-refractivity contribution is 0.0735. The largest absolute Gasteiger partial charge is 0.497 e. The molecular formula is C102H105Cl2N11O15S. The van der Waals surface area contributed by atoms with Gasteiger partial charge in [-0.2, -0.15) is 0 Å². The molecule has 8 aliphatic heterocycles. The summed E-state index contributed by atoms with van der Waals surface area (Å²) in [6.07, 6.45) is 11.2. The molecule has 8 aliphatic rings. The number of amides is 2. The van der Waals surface area contributed by atoms with Crippen molar-refractivity contribution < 1.29 is 71.2 Å². The summed E-state index contributed by atoms with van der Waals surface area (Å²) in [6, 6.07) is 51.6. The summed E-state index contributed by atoms with van der Waals surface area (Å²) in [5.74, 6) is 9.18. The average molecular weight is 1830 g/mol. The summed E-state index contributed by atoms with van der Waals surface area (Å²) in [7, 11) is 16.4. The van der Waals surface area contributed by atoms with Gasteiger partial charge >= 0.3 is 0 Å². The topological polar surface area (TPSA) is 254 Å². The number of benzene rings is 10. The molecule has 0 saturated carbocycles. The number of carbonyl (C=O) groups is 2. The molecule has 131 heavy (non-hydrogen) atoms. The minimum Gasteiger partial charge on any atom is -0.497 e. The van der Waals surface area contributed by atoms with Crippen LogP contribution in [0, 0.1) is 6.92 Å². The van der Waals surface area contributed by atoms with Crippen LogP contribution in [0.15, 0.2) is 176 Å². The highest BCUT2D eigenvalue weighted by molar-refractivity contribution is 7.17. The van der Waals surface area contributed by atoms with Crippen LogP contribution in [0.4, 0.5) is 22.5 Å². The molecule has 4 atom stereocenters. The smallest absolute Gasteiger partial charge is 0.267 e. The van der Waals surface area contributed by atoms with E-state index in [0.717, 1.165) is 106 Å². The maximum absolute atomic E-state index is 13.3. The Morgan fingerprint density at radius 2 is 0.969 bits per heavy atom. The zero-order valence-corrected chi connectivity index (χ0v) is 77.2. The Bertz CT molecular complexity index is 6210. The van der Waals surface area contributed by atoms with Gasteiger partial charge in [0, 0.05) is 74.6 Å². The van der Waals surface area contributed by atoms with Gasteiger partial charge in [0.05, 0.1) is 101 Å². The van der Waals surface area contributed by atoms with Gasteiger partial charge in [0.15, 0.2) is 74.1 Å². The van der Waals surface area contributed by atoms with E-state index in [1.165, 1.54) is 36.4 Å². The molecule has 0 saturated heterocycles. The van der Waals surface area contributed by atoms with Gasteiger partial charge in [-0.15, -0.1) is 0 Å². The quantitative estimate of drug-likeness (QED) is 0.0388. The van der Waals surface area contributed by atoms with Gasteiger partial charge in [0.25, 0.3) is 11.8 Å². The molecule has 4 unspecified atom stereocenters. The highest BCUT2D eigenvalue weighted by Crippen LogP contribution is 2.56. The molecule has 0 spiro atoms. The molecule has 0 radical (unpaired) electrons. The van der Waals surface area contributed by atoms with Gasteiger partial charge in [-0.25, -0.2) is 15.0 Å². The van der Waals surface area contributed by atoms with Gasteiger partial charge < -0.3 is 82.8 Å². The Kier molecular flexibility index (Phi) is 26.8.